The minimum Gasteiger partial charge on any atom is -0.444 e. The van der Waals surface area contributed by atoms with Crippen LogP contribution in [0.4, 0.5) is 4.79 Å². The van der Waals surface area contributed by atoms with Gasteiger partial charge in [-0.15, -0.1) is 0 Å². The number of hydrazine groups is 1. The maximum absolute atomic E-state index is 12.9. The first-order chi connectivity index (χ1) is 13.8. The molecule has 0 saturated carbocycles. The topological polar surface area (TPSA) is 97.0 Å². The fourth-order valence-electron chi connectivity index (χ4n) is 3.44. The van der Waals surface area contributed by atoms with Crippen molar-refractivity contribution >= 4 is 17.9 Å². The Balaban J connectivity index is 2.17. The zero-order chi connectivity index (χ0) is 22.7. The molecule has 166 valence electrons. The Morgan fingerprint density at radius 2 is 1.73 bits per heavy atom. The fourth-order valence-corrected chi connectivity index (χ4v) is 3.44. The van der Waals surface area contributed by atoms with Crippen molar-refractivity contribution in [1.29, 1.82) is 0 Å². The molecule has 0 aromatic heterocycles. The van der Waals surface area contributed by atoms with Gasteiger partial charge in [0.2, 0.25) is 0 Å². The predicted molar refractivity (Wildman–Crippen MR) is 112 cm³/mol. The number of carbonyl (C=O) groups is 3. The Morgan fingerprint density at radius 3 is 2.27 bits per heavy atom. The lowest BCUT2D eigenvalue weighted by Gasteiger charge is -2.35. The van der Waals surface area contributed by atoms with Crippen molar-refractivity contribution in [2.45, 2.75) is 78.4 Å². The van der Waals surface area contributed by atoms with E-state index in [-0.39, 0.29) is 5.92 Å². The smallest absolute Gasteiger partial charge is 0.412 e. The Kier molecular flexibility index (Phi) is 7.13. The largest absolute Gasteiger partial charge is 0.444 e. The summed E-state index contributed by atoms with van der Waals surface area (Å²) in [5.74, 6) is -0.763. The molecule has 0 spiro atoms. The van der Waals surface area contributed by atoms with Crippen LogP contribution >= 0.6 is 0 Å². The molecule has 1 saturated heterocycles. The average molecular weight is 420 g/mol. The number of hydrogen-bond acceptors (Lipinski definition) is 5. The molecule has 1 aromatic rings. The third-order valence-electron chi connectivity index (χ3n) is 4.57. The highest BCUT2D eigenvalue weighted by molar-refractivity contribution is 5.95. The molecule has 3 amide bonds. The van der Waals surface area contributed by atoms with E-state index >= 15 is 0 Å². The van der Waals surface area contributed by atoms with Gasteiger partial charge in [0, 0.05) is 5.56 Å². The lowest BCUT2D eigenvalue weighted by Crippen LogP contribution is -2.53. The third-order valence-corrected chi connectivity index (χ3v) is 4.57. The summed E-state index contributed by atoms with van der Waals surface area (Å²) in [4.78, 5) is 39.5. The van der Waals surface area contributed by atoms with Crippen LogP contribution in [0.25, 0.3) is 0 Å². The normalized spacial score (nSPS) is 20.7. The van der Waals surface area contributed by atoms with Crippen LogP contribution in [0, 0.1) is 5.92 Å². The van der Waals surface area contributed by atoms with Crippen molar-refractivity contribution < 1.29 is 23.9 Å². The van der Waals surface area contributed by atoms with Crippen LogP contribution in [0.3, 0.4) is 0 Å². The first-order valence-electron chi connectivity index (χ1n) is 10.2. The lowest BCUT2D eigenvalue weighted by atomic mass is 9.98. The van der Waals surface area contributed by atoms with Crippen LogP contribution in [0.15, 0.2) is 30.3 Å². The number of hydrogen-bond donors (Lipinski definition) is 2. The minimum atomic E-state index is -1.05. The van der Waals surface area contributed by atoms with E-state index in [2.05, 4.69) is 10.9 Å². The molecule has 1 aliphatic rings. The molecular formula is C22H33N3O5. The molecule has 0 bridgehead atoms. The van der Waals surface area contributed by atoms with Crippen LogP contribution < -0.4 is 10.9 Å². The Morgan fingerprint density at radius 1 is 1.13 bits per heavy atom. The van der Waals surface area contributed by atoms with Crippen LogP contribution in [0.5, 0.6) is 0 Å². The molecule has 1 unspecified atom stereocenters. The predicted octanol–water partition coefficient (Wildman–Crippen LogP) is 3.23. The van der Waals surface area contributed by atoms with E-state index in [1.165, 1.54) is 4.90 Å². The van der Waals surface area contributed by atoms with Gasteiger partial charge in [-0.1, -0.05) is 32.0 Å². The summed E-state index contributed by atoms with van der Waals surface area (Å²) in [6.45, 7) is 12.8. The van der Waals surface area contributed by atoms with E-state index in [0.717, 1.165) is 0 Å². The third kappa shape index (κ3) is 5.95. The number of benzene rings is 1. The zero-order valence-electron chi connectivity index (χ0n) is 18.8. The van der Waals surface area contributed by atoms with Gasteiger partial charge in [-0.3, -0.25) is 25.3 Å². The van der Waals surface area contributed by atoms with Gasteiger partial charge in [0.15, 0.2) is 6.10 Å². The number of rotatable bonds is 4. The molecule has 2 rings (SSSR count). The second-order valence-corrected chi connectivity index (χ2v) is 9.34. The van der Waals surface area contributed by atoms with E-state index in [0.29, 0.717) is 12.0 Å². The van der Waals surface area contributed by atoms with Crippen molar-refractivity contribution in [1.82, 2.24) is 15.8 Å². The van der Waals surface area contributed by atoms with Gasteiger partial charge in [0.1, 0.15) is 11.3 Å². The van der Waals surface area contributed by atoms with Crippen LogP contribution in [-0.4, -0.2) is 46.3 Å². The quantitative estimate of drug-likeness (QED) is 0.731. The SMILES string of the molecule is CC(C)C[C@H]1C(C(=O)NNC(=O)c2ccccc2)OC(C)(C)N1C(=O)OC(C)(C)C. The second kappa shape index (κ2) is 9.04. The van der Waals surface area contributed by atoms with Crippen molar-refractivity contribution in [2.24, 2.45) is 5.92 Å². The minimum absolute atomic E-state index is 0.201. The first-order valence-corrected chi connectivity index (χ1v) is 10.2. The van der Waals surface area contributed by atoms with E-state index in [9.17, 15) is 14.4 Å². The van der Waals surface area contributed by atoms with Gasteiger partial charge in [-0.05, 0) is 59.1 Å². The molecule has 30 heavy (non-hydrogen) atoms. The zero-order valence-corrected chi connectivity index (χ0v) is 18.8. The van der Waals surface area contributed by atoms with E-state index in [4.69, 9.17) is 9.47 Å². The van der Waals surface area contributed by atoms with Crippen molar-refractivity contribution in [3.05, 3.63) is 35.9 Å². The van der Waals surface area contributed by atoms with Crippen molar-refractivity contribution in [3.63, 3.8) is 0 Å². The van der Waals surface area contributed by atoms with Crippen molar-refractivity contribution in [2.75, 3.05) is 0 Å². The highest BCUT2D eigenvalue weighted by Gasteiger charge is 2.53. The molecule has 8 heteroatoms. The second-order valence-electron chi connectivity index (χ2n) is 9.34. The maximum atomic E-state index is 12.9. The van der Waals surface area contributed by atoms with Crippen molar-refractivity contribution in [3.8, 4) is 0 Å². The Bertz CT molecular complexity index is 771. The number of carbonyl (C=O) groups excluding carboxylic acids is 3. The summed E-state index contributed by atoms with van der Waals surface area (Å²) in [5, 5.41) is 0. The Hall–Kier alpha value is -2.61. The summed E-state index contributed by atoms with van der Waals surface area (Å²) in [6.07, 6.45) is -0.958. The number of nitrogens with one attached hydrogen (secondary N) is 2. The van der Waals surface area contributed by atoms with Gasteiger partial charge in [0.25, 0.3) is 11.8 Å². The Labute approximate surface area is 178 Å². The summed E-state index contributed by atoms with van der Waals surface area (Å²) >= 11 is 0. The maximum Gasteiger partial charge on any atom is 0.412 e. The summed E-state index contributed by atoms with van der Waals surface area (Å²) < 4.78 is 11.5. The van der Waals surface area contributed by atoms with E-state index in [1.807, 2.05) is 13.8 Å². The highest BCUT2D eigenvalue weighted by atomic mass is 16.6. The number of amides is 3. The van der Waals surface area contributed by atoms with Gasteiger partial charge in [0.05, 0.1) is 6.04 Å². The summed E-state index contributed by atoms with van der Waals surface area (Å²) in [5.41, 5.74) is 3.52. The van der Waals surface area contributed by atoms with Gasteiger partial charge >= 0.3 is 6.09 Å². The molecule has 0 radical (unpaired) electrons. The molecule has 1 aliphatic heterocycles. The molecule has 2 N–H and O–H groups in total. The first kappa shape index (κ1) is 23.7. The molecule has 1 fully saturated rings. The van der Waals surface area contributed by atoms with Gasteiger partial charge in [-0.25, -0.2) is 4.79 Å². The average Bonchev–Trinajstić information content (AvgIpc) is 2.88. The number of nitrogens with zero attached hydrogens (tertiary/aromatic N) is 1. The van der Waals surface area contributed by atoms with E-state index in [1.54, 1.807) is 65.0 Å². The summed E-state index contributed by atoms with van der Waals surface area (Å²) in [7, 11) is 0. The lowest BCUT2D eigenvalue weighted by molar-refractivity contribution is -0.139. The fraction of sp³-hybridized carbons (Fsp3) is 0.591. The van der Waals surface area contributed by atoms with Gasteiger partial charge in [-0.2, -0.15) is 0 Å². The van der Waals surface area contributed by atoms with Crippen LogP contribution in [0.1, 0.15) is 65.2 Å². The summed E-state index contributed by atoms with van der Waals surface area (Å²) in [6, 6.07) is 8.01. The standard InChI is InChI=1S/C22H33N3O5/c1-14(2)13-16-17(19(27)24-23-18(26)15-11-9-8-10-12-15)29-22(6,7)25(16)20(28)30-21(3,4)5/h8-12,14,16-17H,13H2,1-7H3,(H,23,26)(H,24,27)/t16-,17?/m0/s1. The molecular weight excluding hydrogens is 386 g/mol. The van der Waals surface area contributed by atoms with Crippen LogP contribution in [-0.2, 0) is 14.3 Å². The van der Waals surface area contributed by atoms with Gasteiger partial charge < -0.3 is 9.47 Å². The van der Waals surface area contributed by atoms with Crippen LogP contribution in [0.2, 0.25) is 0 Å². The molecule has 8 nitrogen and oxygen atoms in total. The number of ether oxygens (including phenoxy) is 2. The van der Waals surface area contributed by atoms with E-state index < -0.39 is 41.4 Å². The highest BCUT2D eigenvalue weighted by Crippen LogP contribution is 2.36. The molecule has 1 aromatic carbocycles. The molecule has 0 aliphatic carbocycles. The molecule has 2 atom stereocenters. The molecule has 1 heterocycles. The monoisotopic (exact) mass is 419 g/mol.